The van der Waals surface area contributed by atoms with E-state index in [1.165, 1.54) is 24.0 Å². The Bertz CT molecular complexity index is 293. The Kier molecular flexibility index (Phi) is 2.46. The topological polar surface area (TPSA) is 20.2 Å². The summed E-state index contributed by atoms with van der Waals surface area (Å²) in [4.78, 5) is 0. The molecular weight excluding hydrogens is 160 g/mol. The zero-order valence-electron chi connectivity index (χ0n) is 7.61. The lowest BCUT2D eigenvalue weighted by atomic mass is 10.1. The molecule has 1 fully saturated rings. The van der Waals surface area contributed by atoms with Gasteiger partial charge < -0.3 is 5.11 Å². The molecule has 1 aliphatic carbocycles. The van der Waals surface area contributed by atoms with Crippen molar-refractivity contribution in [1.29, 1.82) is 0 Å². The lowest BCUT2D eigenvalue weighted by Crippen LogP contribution is -1.79. The summed E-state index contributed by atoms with van der Waals surface area (Å²) in [7, 11) is 0. The highest BCUT2D eigenvalue weighted by atomic mass is 16.2. The summed E-state index contributed by atoms with van der Waals surface area (Å²) in [5.74, 6) is 0.830. The fraction of sp³-hybridized carbons (Fsp3) is 0.333. The Labute approximate surface area is 78.7 Å². The zero-order valence-corrected chi connectivity index (χ0v) is 7.61. The van der Waals surface area contributed by atoms with Crippen molar-refractivity contribution in [3.63, 3.8) is 0 Å². The van der Waals surface area contributed by atoms with E-state index in [0.29, 0.717) is 0 Å². The Morgan fingerprint density at radius 3 is 2.46 bits per heavy atom. The van der Waals surface area contributed by atoms with Gasteiger partial charge in [0.05, 0.1) is 6.61 Å². The first-order chi connectivity index (χ1) is 6.40. The normalized spacial score (nSPS) is 16.7. The van der Waals surface area contributed by atoms with Crippen molar-refractivity contribution in [1.82, 2.24) is 0 Å². The molecule has 0 heterocycles. The molecule has 0 aliphatic heterocycles. The third-order valence-corrected chi connectivity index (χ3v) is 2.40. The molecule has 0 amide bonds. The lowest BCUT2D eigenvalue weighted by molar-refractivity contribution is 0.343. The van der Waals surface area contributed by atoms with E-state index in [-0.39, 0.29) is 6.61 Å². The maximum absolute atomic E-state index is 8.59. The Morgan fingerprint density at radius 1 is 1.23 bits per heavy atom. The van der Waals surface area contributed by atoms with Gasteiger partial charge in [-0.15, -0.1) is 0 Å². The second kappa shape index (κ2) is 3.75. The van der Waals surface area contributed by atoms with E-state index < -0.39 is 0 Å². The third kappa shape index (κ3) is 2.19. The Balaban J connectivity index is 2.08. The Morgan fingerprint density at radius 2 is 1.92 bits per heavy atom. The molecule has 1 nitrogen and oxygen atoms in total. The zero-order chi connectivity index (χ0) is 9.10. The monoisotopic (exact) mass is 174 g/mol. The van der Waals surface area contributed by atoms with Gasteiger partial charge in [0.25, 0.3) is 0 Å². The smallest absolute Gasteiger partial charge is 0.0615 e. The number of benzene rings is 1. The van der Waals surface area contributed by atoms with Crippen molar-refractivity contribution in [2.45, 2.75) is 18.8 Å². The molecule has 68 valence electrons. The minimum absolute atomic E-state index is 0.115. The van der Waals surface area contributed by atoms with Crippen LogP contribution in [-0.4, -0.2) is 11.7 Å². The second-order valence-corrected chi connectivity index (χ2v) is 3.53. The number of aliphatic hydroxyl groups excluding tert-OH is 1. The van der Waals surface area contributed by atoms with Gasteiger partial charge in [0.1, 0.15) is 0 Å². The van der Waals surface area contributed by atoms with Crippen LogP contribution in [0, 0.1) is 0 Å². The van der Waals surface area contributed by atoms with Gasteiger partial charge in [0.15, 0.2) is 0 Å². The van der Waals surface area contributed by atoms with E-state index in [1.54, 1.807) is 6.08 Å². The van der Waals surface area contributed by atoms with Gasteiger partial charge in [0.2, 0.25) is 0 Å². The van der Waals surface area contributed by atoms with Crippen molar-refractivity contribution in [3.8, 4) is 0 Å². The summed E-state index contributed by atoms with van der Waals surface area (Å²) in [5.41, 5.74) is 2.62. The number of hydrogen-bond acceptors (Lipinski definition) is 1. The van der Waals surface area contributed by atoms with Crippen LogP contribution in [0.15, 0.2) is 30.3 Å². The minimum Gasteiger partial charge on any atom is -0.392 e. The molecule has 0 aromatic heterocycles. The van der Waals surface area contributed by atoms with E-state index in [2.05, 4.69) is 24.3 Å². The molecule has 0 radical (unpaired) electrons. The van der Waals surface area contributed by atoms with Crippen molar-refractivity contribution in [2.24, 2.45) is 0 Å². The van der Waals surface area contributed by atoms with Gasteiger partial charge >= 0.3 is 0 Å². The highest BCUT2D eigenvalue weighted by Gasteiger charge is 2.22. The standard InChI is InChI=1S/C12H14O/c13-9-1-2-10-3-5-11(6-4-10)12-7-8-12/h1-6,12-13H,7-9H2/b2-1+. The minimum atomic E-state index is 0.115. The number of aliphatic hydroxyl groups is 1. The average molecular weight is 174 g/mol. The molecule has 0 unspecified atom stereocenters. The van der Waals surface area contributed by atoms with Crippen LogP contribution in [0.1, 0.15) is 29.9 Å². The Hall–Kier alpha value is -1.08. The first-order valence-electron chi connectivity index (χ1n) is 4.77. The summed E-state index contributed by atoms with van der Waals surface area (Å²) < 4.78 is 0. The first kappa shape index (κ1) is 8.52. The summed E-state index contributed by atoms with van der Waals surface area (Å²) >= 11 is 0. The second-order valence-electron chi connectivity index (χ2n) is 3.53. The van der Waals surface area contributed by atoms with Gasteiger partial charge in [-0.05, 0) is 29.9 Å². The molecule has 0 bridgehead atoms. The molecule has 2 rings (SSSR count). The molecule has 0 spiro atoms. The van der Waals surface area contributed by atoms with Crippen LogP contribution in [-0.2, 0) is 0 Å². The van der Waals surface area contributed by atoms with E-state index in [9.17, 15) is 0 Å². The van der Waals surface area contributed by atoms with Gasteiger partial charge in [0, 0.05) is 0 Å². The van der Waals surface area contributed by atoms with Gasteiger partial charge in [-0.25, -0.2) is 0 Å². The molecule has 1 heteroatoms. The van der Waals surface area contributed by atoms with Gasteiger partial charge in [-0.3, -0.25) is 0 Å². The van der Waals surface area contributed by atoms with Crippen LogP contribution in [0.3, 0.4) is 0 Å². The number of rotatable bonds is 3. The predicted molar refractivity (Wildman–Crippen MR) is 54.5 cm³/mol. The highest BCUT2D eigenvalue weighted by molar-refractivity contribution is 5.50. The van der Waals surface area contributed by atoms with Crippen LogP contribution in [0.5, 0.6) is 0 Å². The van der Waals surface area contributed by atoms with E-state index in [1.807, 2.05) is 6.08 Å². The fourth-order valence-electron chi connectivity index (χ4n) is 1.48. The van der Waals surface area contributed by atoms with Crippen LogP contribution >= 0.6 is 0 Å². The molecule has 1 aliphatic rings. The number of hydrogen-bond donors (Lipinski definition) is 1. The van der Waals surface area contributed by atoms with Crippen molar-refractivity contribution >= 4 is 6.08 Å². The molecule has 0 atom stereocenters. The third-order valence-electron chi connectivity index (χ3n) is 2.40. The quantitative estimate of drug-likeness (QED) is 0.746. The molecule has 1 saturated carbocycles. The van der Waals surface area contributed by atoms with Crippen molar-refractivity contribution in [2.75, 3.05) is 6.61 Å². The fourth-order valence-corrected chi connectivity index (χ4v) is 1.48. The van der Waals surface area contributed by atoms with Crippen molar-refractivity contribution in [3.05, 3.63) is 41.5 Å². The lowest BCUT2D eigenvalue weighted by Gasteiger charge is -1.97. The van der Waals surface area contributed by atoms with Crippen LogP contribution in [0.25, 0.3) is 6.08 Å². The summed E-state index contributed by atoms with van der Waals surface area (Å²) in [6.45, 7) is 0.115. The van der Waals surface area contributed by atoms with E-state index >= 15 is 0 Å². The van der Waals surface area contributed by atoms with Crippen LogP contribution < -0.4 is 0 Å². The maximum Gasteiger partial charge on any atom is 0.0615 e. The van der Waals surface area contributed by atoms with Crippen molar-refractivity contribution < 1.29 is 5.11 Å². The molecule has 1 aromatic carbocycles. The largest absolute Gasteiger partial charge is 0.392 e. The van der Waals surface area contributed by atoms with E-state index in [4.69, 9.17) is 5.11 Å². The van der Waals surface area contributed by atoms with Gasteiger partial charge in [-0.1, -0.05) is 36.4 Å². The molecule has 0 saturated heterocycles. The molecular formula is C12H14O. The molecule has 1 N–H and O–H groups in total. The first-order valence-corrected chi connectivity index (χ1v) is 4.77. The molecule has 13 heavy (non-hydrogen) atoms. The average Bonchev–Trinajstić information content (AvgIpc) is 2.99. The van der Waals surface area contributed by atoms with E-state index in [0.717, 1.165) is 5.92 Å². The predicted octanol–water partition coefficient (Wildman–Crippen LogP) is 2.57. The maximum atomic E-state index is 8.59. The van der Waals surface area contributed by atoms with Crippen LogP contribution in [0.2, 0.25) is 0 Å². The highest BCUT2D eigenvalue weighted by Crippen LogP contribution is 2.39. The summed E-state index contributed by atoms with van der Waals surface area (Å²) in [6.07, 6.45) is 6.40. The molecule has 1 aromatic rings. The SMILES string of the molecule is OC/C=C/c1ccc(C2CC2)cc1. The summed E-state index contributed by atoms with van der Waals surface area (Å²) in [5, 5.41) is 8.59. The van der Waals surface area contributed by atoms with Gasteiger partial charge in [-0.2, -0.15) is 0 Å². The van der Waals surface area contributed by atoms with Crippen LogP contribution in [0.4, 0.5) is 0 Å². The summed E-state index contributed by atoms with van der Waals surface area (Å²) in [6, 6.07) is 8.60.